The number of rotatable bonds is 1. The van der Waals surface area contributed by atoms with Crippen LogP contribution in [0.2, 0.25) is 0 Å². The number of phenols is 1. The van der Waals surface area contributed by atoms with Gasteiger partial charge in [0, 0.05) is 4.47 Å². The lowest BCUT2D eigenvalue weighted by Crippen LogP contribution is -1.99. The number of halogens is 1. The fourth-order valence-corrected chi connectivity index (χ4v) is 2.14. The molecule has 0 aliphatic carbocycles. The number of benzene rings is 2. The number of fused-ring (bicyclic) bond motifs is 1. The second kappa shape index (κ2) is 4.10. The summed E-state index contributed by atoms with van der Waals surface area (Å²) in [7, 11) is 0. The van der Waals surface area contributed by atoms with Crippen molar-refractivity contribution in [2.45, 2.75) is 6.92 Å². The van der Waals surface area contributed by atoms with E-state index in [2.05, 4.69) is 26.1 Å². The van der Waals surface area contributed by atoms with Gasteiger partial charge in [-0.3, -0.25) is 0 Å². The summed E-state index contributed by atoms with van der Waals surface area (Å²) in [6.07, 6.45) is 0. The molecular formula is C13H10BrN3O. The maximum absolute atomic E-state index is 9.86. The van der Waals surface area contributed by atoms with Crippen LogP contribution in [0.4, 0.5) is 0 Å². The molecule has 0 aliphatic heterocycles. The smallest absolute Gasteiger partial charge is 0.143 e. The lowest BCUT2D eigenvalue weighted by Gasteiger charge is -2.03. The SMILES string of the molecule is Cc1ccc(O)c(-n2nc3ccc(Br)cc3n2)c1. The van der Waals surface area contributed by atoms with Crippen LogP contribution in [-0.2, 0) is 0 Å². The highest BCUT2D eigenvalue weighted by molar-refractivity contribution is 9.10. The Morgan fingerprint density at radius 3 is 2.67 bits per heavy atom. The third-order valence-electron chi connectivity index (χ3n) is 2.69. The second-order valence-corrected chi connectivity index (χ2v) is 5.03. The molecule has 90 valence electrons. The van der Waals surface area contributed by atoms with Crippen LogP contribution in [0.5, 0.6) is 5.75 Å². The summed E-state index contributed by atoms with van der Waals surface area (Å²) in [5.41, 5.74) is 3.21. The quantitative estimate of drug-likeness (QED) is 0.751. The van der Waals surface area contributed by atoms with Gasteiger partial charge >= 0.3 is 0 Å². The van der Waals surface area contributed by atoms with E-state index >= 15 is 0 Å². The summed E-state index contributed by atoms with van der Waals surface area (Å²) in [6.45, 7) is 1.96. The maximum atomic E-state index is 9.86. The van der Waals surface area contributed by atoms with Gasteiger partial charge in [-0.1, -0.05) is 22.0 Å². The Morgan fingerprint density at radius 1 is 1.06 bits per heavy atom. The van der Waals surface area contributed by atoms with Crippen LogP contribution >= 0.6 is 15.9 Å². The molecule has 18 heavy (non-hydrogen) atoms. The van der Waals surface area contributed by atoms with Gasteiger partial charge in [0.2, 0.25) is 0 Å². The fraction of sp³-hybridized carbons (Fsp3) is 0.0769. The number of phenolic OH excluding ortho intramolecular Hbond substituents is 1. The van der Waals surface area contributed by atoms with Crippen molar-refractivity contribution in [1.29, 1.82) is 0 Å². The average Bonchev–Trinajstić information content (AvgIpc) is 2.74. The standard InChI is InChI=1S/C13H10BrN3O/c1-8-2-5-13(18)12(6-8)17-15-10-4-3-9(14)7-11(10)16-17/h2-7,18H,1H3. The van der Waals surface area contributed by atoms with Crippen LogP contribution in [0.3, 0.4) is 0 Å². The molecule has 3 aromatic rings. The van der Waals surface area contributed by atoms with E-state index in [0.717, 1.165) is 21.1 Å². The molecule has 1 heterocycles. The van der Waals surface area contributed by atoms with Gasteiger partial charge in [0.1, 0.15) is 22.5 Å². The highest BCUT2D eigenvalue weighted by Crippen LogP contribution is 2.23. The van der Waals surface area contributed by atoms with Gasteiger partial charge in [-0.2, -0.15) is 0 Å². The molecule has 0 fully saturated rings. The van der Waals surface area contributed by atoms with Crippen molar-refractivity contribution in [3.05, 3.63) is 46.4 Å². The molecular weight excluding hydrogens is 294 g/mol. The Balaban J connectivity index is 2.22. The summed E-state index contributed by atoms with van der Waals surface area (Å²) in [5.74, 6) is 0.167. The molecule has 2 aromatic carbocycles. The molecule has 0 saturated carbocycles. The predicted molar refractivity (Wildman–Crippen MR) is 73.0 cm³/mol. The minimum atomic E-state index is 0.167. The number of aryl methyl sites for hydroxylation is 1. The highest BCUT2D eigenvalue weighted by Gasteiger charge is 2.09. The molecule has 0 radical (unpaired) electrons. The number of aromatic nitrogens is 3. The first-order chi connectivity index (χ1) is 8.63. The van der Waals surface area contributed by atoms with E-state index in [1.807, 2.05) is 37.3 Å². The normalized spacial score (nSPS) is 11.0. The average molecular weight is 304 g/mol. The first-order valence-corrected chi connectivity index (χ1v) is 6.25. The fourth-order valence-electron chi connectivity index (χ4n) is 1.79. The molecule has 4 nitrogen and oxygen atoms in total. The Morgan fingerprint density at radius 2 is 1.83 bits per heavy atom. The van der Waals surface area contributed by atoms with Gasteiger partial charge in [0.05, 0.1) is 0 Å². The molecule has 0 spiro atoms. The molecule has 0 aliphatic rings. The largest absolute Gasteiger partial charge is 0.506 e. The Hall–Kier alpha value is -1.88. The molecule has 3 rings (SSSR count). The van der Waals surface area contributed by atoms with Gasteiger partial charge in [0.15, 0.2) is 0 Å². The van der Waals surface area contributed by atoms with Crippen LogP contribution in [0.25, 0.3) is 16.7 Å². The van der Waals surface area contributed by atoms with Crippen molar-refractivity contribution < 1.29 is 5.11 Å². The minimum absolute atomic E-state index is 0.167. The van der Waals surface area contributed by atoms with Gasteiger partial charge in [-0.25, -0.2) is 0 Å². The molecule has 0 bridgehead atoms. The lowest BCUT2D eigenvalue weighted by molar-refractivity contribution is 0.467. The zero-order valence-corrected chi connectivity index (χ0v) is 11.2. The Bertz CT molecular complexity index is 736. The molecule has 1 aromatic heterocycles. The first-order valence-electron chi connectivity index (χ1n) is 5.46. The van der Waals surface area contributed by atoms with E-state index in [1.165, 1.54) is 4.80 Å². The summed E-state index contributed by atoms with van der Waals surface area (Å²) >= 11 is 3.40. The zero-order valence-electron chi connectivity index (χ0n) is 9.63. The van der Waals surface area contributed by atoms with Crippen molar-refractivity contribution in [3.63, 3.8) is 0 Å². The highest BCUT2D eigenvalue weighted by atomic mass is 79.9. The monoisotopic (exact) mass is 303 g/mol. The Kier molecular flexibility index (Phi) is 2.56. The predicted octanol–water partition coefficient (Wildman–Crippen LogP) is 3.20. The van der Waals surface area contributed by atoms with Gasteiger partial charge < -0.3 is 5.11 Å². The van der Waals surface area contributed by atoms with Crippen LogP contribution in [-0.4, -0.2) is 20.1 Å². The third-order valence-corrected chi connectivity index (χ3v) is 3.18. The zero-order chi connectivity index (χ0) is 12.7. The molecule has 0 atom stereocenters. The summed E-state index contributed by atoms with van der Waals surface area (Å²) in [5, 5.41) is 18.6. The van der Waals surface area contributed by atoms with E-state index in [1.54, 1.807) is 6.07 Å². The van der Waals surface area contributed by atoms with E-state index in [0.29, 0.717) is 5.69 Å². The van der Waals surface area contributed by atoms with Crippen LogP contribution in [0.15, 0.2) is 40.9 Å². The number of hydrogen-bond donors (Lipinski definition) is 1. The molecule has 0 unspecified atom stereocenters. The summed E-state index contributed by atoms with van der Waals surface area (Å²) in [4.78, 5) is 1.46. The third kappa shape index (κ3) is 1.86. The van der Waals surface area contributed by atoms with Crippen molar-refractivity contribution in [2.24, 2.45) is 0 Å². The summed E-state index contributed by atoms with van der Waals surface area (Å²) in [6, 6.07) is 11.0. The van der Waals surface area contributed by atoms with E-state index in [9.17, 15) is 5.11 Å². The van der Waals surface area contributed by atoms with Gasteiger partial charge in [0.25, 0.3) is 0 Å². The molecule has 5 heteroatoms. The molecule has 1 N–H and O–H groups in total. The van der Waals surface area contributed by atoms with Crippen LogP contribution < -0.4 is 0 Å². The number of aromatic hydroxyl groups is 1. The van der Waals surface area contributed by atoms with E-state index in [4.69, 9.17) is 0 Å². The second-order valence-electron chi connectivity index (χ2n) is 4.11. The first kappa shape index (κ1) is 11.2. The topological polar surface area (TPSA) is 50.9 Å². The van der Waals surface area contributed by atoms with Crippen molar-refractivity contribution in [2.75, 3.05) is 0 Å². The molecule has 0 amide bonds. The van der Waals surface area contributed by atoms with Crippen molar-refractivity contribution >= 4 is 27.0 Å². The van der Waals surface area contributed by atoms with E-state index in [-0.39, 0.29) is 5.75 Å². The van der Waals surface area contributed by atoms with Crippen molar-refractivity contribution in [3.8, 4) is 11.4 Å². The van der Waals surface area contributed by atoms with Gasteiger partial charge in [-0.05, 0) is 42.8 Å². The lowest BCUT2D eigenvalue weighted by atomic mass is 10.2. The Labute approximate surface area is 112 Å². The minimum Gasteiger partial charge on any atom is -0.506 e. The van der Waals surface area contributed by atoms with Crippen LogP contribution in [0, 0.1) is 6.92 Å². The van der Waals surface area contributed by atoms with Crippen molar-refractivity contribution in [1.82, 2.24) is 15.0 Å². The van der Waals surface area contributed by atoms with E-state index < -0.39 is 0 Å². The maximum Gasteiger partial charge on any atom is 0.143 e. The van der Waals surface area contributed by atoms with Gasteiger partial charge in [-0.15, -0.1) is 15.0 Å². The number of nitrogens with zero attached hydrogens (tertiary/aromatic N) is 3. The summed E-state index contributed by atoms with van der Waals surface area (Å²) < 4.78 is 0.954. The number of hydrogen-bond acceptors (Lipinski definition) is 3. The molecule has 0 saturated heterocycles. The van der Waals surface area contributed by atoms with Crippen LogP contribution in [0.1, 0.15) is 5.56 Å².